The largest absolute Gasteiger partial charge is 0.416 e. The molecule has 26 heavy (non-hydrogen) atoms. The van der Waals surface area contributed by atoms with E-state index in [1.54, 1.807) is 6.07 Å². The van der Waals surface area contributed by atoms with Crippen LogP contribution in [0.15, 0.2) is 48.5 Å². The number of alkyl halides is 3. The van der Waals surface area contributed by atoms with Gasteiger partial charge in [0.1, 0.15) is 0 Å². The molecule has 0 amide bonds. The van der Waals surface area contributed by atoms with Gasteiger partial charge in [0.25, 0.3) is 0 Å². The average molecular weight is 361 g/mol. The summed E-state index contributed by atoms with van der Waals surface area (Å²) in [6.07, 6.45) is -0.195. The predicted octanol–water partition coefficient (Wildman–Crippen LogP) is 6.65. The standard InChI is InChI=1S/C22H26F3N/c1-3-4-10-18-15(2)19-14-17(22(23,24)25)11-12-20(19)26-21(18)13-16-8-6-5-7-9-16/h5-9,11-12,14-15,18,21,26H,3-4,10,13H2,1-2H3. The molecule has 2 aromatic rings. The van der Waals surface area contributed by atoms with Crippen molar-refractivity contribution in [3.05, 3.63) is 65.2 Å². The number of anilines is 1. The Labute approximate surface area is 153 Å². The fourth-order valence-electron chi connectivity index (χ4n) is 4.09. The number of rotatable bonds is 5. The minimum Gasteiger partial charge on any atom is -0.381 e. The first-order valence-electron chi connectivity index (χ1n) is 9.41. The second-order valence-corrected chi connectivity index (χ2v) is 7.34. The van der Waals surface area contributed by atoms with Crippen LogP contribution in [-0.2, 0) is 12.6 Å². The van der Waals surface area contributed by atoms with E-state index in [1.165, 1.54) is 17.7 Å². The van der Waals surface area contributed by atoms with Gasteiger partial charge in [-0.25, -0.2) is 0 Å². The normalized spacial score (nSPS) is 22.6. The molecule has 140 valence electrons. The van der Waals surface area contributed by atoms with Gasteiger partial charge in [-0.15, -0.1) is 0 Å². The van der Waals surface area contributed by atoms with E-state index in [1.807, 2.05) is 18.2 Å². The lowest BCUT2D eigenvalue weighted by atomic mass is 9.74. The van der Waals surface area contributed by atoms with E-state index in [2.05, 4.69) is 31.3 Å². The summed E-state index contributed by atoms with van der Waals surface area (Å²) in [4.78, 5) is 0. The molecule has 1 N–H and O–H groups in total. The molecule has 3 unspecified atom stereocenters. The van der Waals surface area contributed by atoms with E-state index < -0.39 is 11.7 Å². The number of fused-ring (bicyclic) bond motifs is 1. The second kappa shape index (κ2) is 7.73. The van der Waals surface area contributed by atoms with Gasteiger partial charge in [-0.3, -0.25) is 0 Å². The van der Waals surface area contributed by atoms with E-state index in [-0.39, 0.29) is 12.0 Å². The highest BCUT2D eigenvalue weighted by molar-refractivity contribution is 5.58. The summed E-state index contributed by atoms with van der Waals surface area (Å²) < 4.78 is 39.4. The van der Waals surface area contributed by atoms with Crippen LogP contribution < -0.4 is 5.32 Å². The van der Waals surface area contributed by atoms with Gasteiger partial charge >= 0.3 is 6.18 Å². The molecular weight excluding hydrogens is 335 g/mol. The summed E-state index contributed by atoms with van der Waals surface area (Å²) >= 11 is 0. The molecule has 2 aromatic carbocycles. The number of halogens is 3. The molecular formula is C22H26F3N. The van der Waals surface area contributed by atoms with Crippen LogP contribution in [0, 0.1) is 5.92 Å². The Morgan fingerprint density at radius 2 is 1.77 bits per heavy atom. The minimum absolute atomic E-state index is 0.105. The van der Waals surface area contributed by atoms with Gasteiger partial charge in [0, 0.05) is 11.7 Å². The van der Waals surface area contributed by atoms with Gasteiger partial charge < -0.3 is 5.32 Å². The molecule has 1 heterocycles. The van der Waals surface area contributed by atoms with Gasteiger partial charge in [0.05, 0.1) is 5.56 Å². The number of hydrogen-bond donors (Lipinski definition) is 1. The topological polar surface area (TPSA) is 12.0 Å². The molecule has 0 saturated carbocycles. The average Bonchev–Trinajstić information content (AvgIpc) is 2.61. The summed E-state index contributed by atoms with van der Waals surface area (Å²) in [6, 6.07) is 14.7. The third-order valence-corrected chi connectivity index (χ3v) is 5.56. The van der Waals surface area contributed by atoms with E-state index in [0.29, 0.717) is 5.92 Å². The summed E-state index contributed by atoms with van der Waals surface area (Å²) in [5.74, 6) is 0.431. The molecule has 0 saturated heterocycles. The highest BCUT2D eigenvalue weighted by Crippen LogP contribution is 2.43. The molecule has 0 spiro atoms. The van der Waals surface area contributed by atoms with E-state index >= 15 is 0 Å². The van der Waals surface area contributed by atoms with Crippen molar-refractivity contribution in [1.29, 1.82) is 0 Å². The Morgan fingerprint density at radius 3 is 2.42 bits per heavy atom. The highest BCUT2D eigenvalue weighted by Gasteiger charge is 2.36. The van der Waals surface area contributed by atoms with Crippen LogP contribution in [-0.4, -0.2) is 6.04 Å². The van der Waals surface area contributed by atoms with E-state index in [0.717, 1.165) is 36.9 Å². The van der Waals surface area contributed by atoms with Crippen molar-refractivity contribution in [2.45, 2.75) is 57.7 Å². The lowest BCUT2D eigenvalue weighted by Crippen LogP contribution is -2.39. The molecule has 1 nitrogen and oxygen atoms in total. The van der Waals surface area contributed by atoms with E-state index in [9.17, 15) is 13.2 Å². The smallest absolute Gasteiger partial charge is 0.381 e. The maximum absolute atomic E-state index is 13.1. The Balaban J connectivity index is 1.92. The zero-order valence-electron chi connectivity index (χ0n) is 15.3. The first-order valence-corrected chi connectivity index (χ1v) is 9.41. The molecule has 0 aromatic heterocycles. The van der Waals surface area contributed by atoms with Gasteiger partial charge in [0.2, 0.25) is 0 Å². The van der Waals surface area contributed by atoms with Crippen molar-refractivity contribution in [3.63, 3.8) is 0 Å². The van der Waals surface area contributed by atoms with Crippen LogP contribution in [0.4, 0.5) is 18.9 Å². The zero-order chi connectivity index (χ0) is 18.7. The van der Waals surface area contributed by atoms with Crippen LogP contribution in [0.3, 0.4) is 0 Å². The van der Waals surface area contributed by atoms with Crippen molar-refractivity contribution >= 4 is 5.69 Å². The summed E-state index contributed by atoms with van der Waals surface area (Å²) in [5.41, 5.74) is 2.35. The number of nitrogens with one attached hydrogen (secondary N) is 1. The maximum Gasteiger partial charge on any atom is 0.416 e. The molecule has 0 bridgehead atoms. The van der Waals surface area contributed by atoms with Gasteiger partial charge in [-0.2, -0.15) is 13.2 Å². The predicted molar refractivity (Wildman–Crippen MR) is 100 cm³/mol. The fraction of sp³-hybridized carbons (Fsp3) is 0.455. The van der Waals surface area contributed by atoms with Crippen LogP contribution in [0.2, 0.25) is 0 Å². The van der Waals surface area contributed by atoms with Crippen molar-refractivity contribution < 1.29 is 13.2 Å². The molecule has 0 radical (unpaired) electrons. The highest BCUT2D eigenvalue weighted by atomic mass is 19.4. The third kappa shape index (κ3) is 4.05. The second-order valence-electron chi connectivity index (χ2n) is 7.34. The summed E-state index contributed by atoms with van der Waals surface area (Å²) in [6.45, 7) is 4.24. The van der Waals surface area contributed by atoms with Crippen molar-refractivity contribution in [1.82, 2.24) is 0 Å². The third-order valence-electron chi connectivity index (χ3n) is 5.56. The zero-order valence-corrected chi connectivity index (χ0v) is 15.3. The fourth-order valence-corrected chi connectivity index (χ4v) is 4.09. The molecule has 4 heteroatoms. The monoisotopic (exact) mass is 361 g/mol. The molecule has 0 fully saturated rings. The van der Waals surface area contributed by atoms with Crippen LogP contribution >= 0.6 is 0 Å². The molecule has 1 aliphatic rings. The number of benzene rings is 2. The molecule has 1 aliphatic heterocycles. The van der Waals surface area contributed by atoms with Crippen LogP contribution in [0.1, 0.15) is 55.7 Å². The Morgan fingerprint density at radius 1 is 1.04 bits per heavy atom. The van der Waals surface area contributed by atoms with E-state index in [4.69, 9.17) is 0 Å². The lowest BCUT2D eigenvalue weighted by molar-refractivity contribution is -0.137. The molecule has 3 atom stereocenters. The van der Waals surface area contributed by atoms with Gasteiger partial charge in [0.15, 0.2) is 0 Å². The Kier molecular flexibility index (Phi) is 5.59. The van der Waals surface area contributed by atoms with Crippen molar-refractivity contribution in [3.8, 4) is 0 Å². The quantitative estimate of drug-likeness (QED) is 0.628. The van der Waals surface area contributed by atoms with Crippen LogP contribution in [0.25, 0.3) is 0 Å². The summed E-state index contributed by atoms with van der Waals surface area (Å²) in [5, 5.41) is 3.55. The lowest BCUT2D eigenvalue weighted by Gasteiger charge is -2.40. The Bertz CT molecular complexity index is 724. The molecule has 0 aliphatic carbocycles. The molecule has 3 rings (SSSR count). The summed E-state index contributed by atoms with van der Waals surface area (Å²) in [7, 11) is 0. The van der Waals surface area contributed by atoms with Crippen molar-refractivity contribution in [2.24, 2.45) is 5.92 Å². The van der Waals surface area contributed by atoms with Crippen LogP contribution in [0.5, 0.6) is 0 Å². The van der Waals surface area contributed by atoms with Gasteiger partial charge in [-0.05, 0) is 54.0 Å². The maximum atomic E-state index is 13.1. The first-order chi connectivity index (χ1) is 12.4. The first kappa shape index (κ1) is 18.8. The minimum atomic E-state index is -4.30. The van der Waals surface area contributed by atoms with Gasteiger partial charge in [-0.1, -0.05) is 57.0 Å². The SMILES string of the molecule is CCCCC1C(Cc2ccccc2)Nc2ccc(C(F)(F)F)cc2C1C. The number of hydrogen-bond acceptors (Lipinski definition) is 1. The number of unbranched alkanes of at least 4 members (excludes halogenated alkanes) is 1. The Hall–Kier alpha value is -1.97. The van der Waals surface area contributed by atoms with Crippen molar-refractivity contribution in [2.75, 3.05) is 5.32 Å².